The van der Waals surface area contributed by atoms with Crippen molar-refractivity contribution in [2.75, 3.05) is 44.6 Å². The molecule has 0 heterocycles. The van der Waals surface area contributed by atoms with Crippen molar-refractivity contribution in [3.8, 4) is 0 Å². The average Bonchev–Trinajstić information content (AvgIpc) is 2.87. The number of anilines is 2. The Morgan fingerprint density at radius 2 is 1.75 bits per heavy atom. The quantitative estimate of drug-likeness (QED) is 0.395. The molecule has 0 aromatic heterocycles. The number of ether oxygens (including phenoxy) is 1. The van der Waals surface area contributed by atoms with Gasteiger partial charge in [0.05, 0.1) is 12.5 Å². The number of amides is 2. The van der Waals surface area contributed by atoms with E-state index in [0.717, 1.165) is 16.8 Å². The number of carbonyl (C=O) groups is 2. The highest BCUT2D eigenvalue weighted by molar-refractivity contribution is 6.04. The van der Waals surface area contributed by atoms with Crippen LogP contribution in [-0.2, 0) is 16.1 Å². The summed E-state index contributed by atoms with van der Waals surface area (Å²) in [6.07, 6.45) is 0.677. The van der Waals surface area contributed by atoms with Gasteiger partial charge in [-0.3, -0.25) is 9.59 Å². The van der Waals surface area contributed by atoms with Gasteiger partial charge in [0.15, 0.2) is 0 Å². The largest absolute Gasteiger partial charge is 0.383 e. The second-order valence-corrected chi connectivity index (χ2v) is 8.83. The van der Waals surface area contributed by atoms with Gasteiger partial charge in [-0.1, -0.05) is 43.3 Å². The molecule has 190 valence electrons. The van der Waals surface area contributed by atoms with Gasteiger partial charge in [-0.05, 0) is 53.9 Å². The number of methoxy groups -OCH3 is 1. The molecule has 6 nitrogen and oxygen atoms in total. The van der Waals surface area contributed by atoms with Crippen LogP contribution in [0.25, 0.3) is 0 Å². The van der Waals surface area contributed by atoms with Crippen LogP contribution in [0.4, 0.5) is 15.8 Å². The van der Waals surface area contributed by atoms with Crippen molar-refractivity contribution >= 4 is 23.2 Å². The first kappa shape index (κ1) is 26.9. The van der Waals surface area contributed by atoms with Crippen LogP contribution >= 0.6 is 0 Å². The Kier molecular flexibility index (Phi) is 9.59. The first-order chi connectivity index (χ1) is 17.3. The van der Waals surface area contributed by atoms with E-state index in [9.17, 15) is 14.0 Å². The van der Waals surface area contributed by atoms with Crippen LogP contribution in [0.2, 0.25) is 0 Å². The van der Waals surface area contributed by atoms with Gasteiger partial charge >= 0.3 is 0 Å². The molecule has 3 aromatic carbocycles. The molecule has 1 N–H and O–H groups in total. The van der Waals surface area contributed by atoms with Crippen molar-refractivity contribution in [2.24, 2.45) is 0 Å². The molecular formula is C29H34FN3O3. The SMILES string of the molecule is CCC(C(=O)N(CCOC)Cc1cc(NC(=O)c2cccc(F)c2)ccc1N(C)C)c1ccccc1. The Hall–Kier alpha value is -3.71. The van der Waals surface area contributed by atoms with Crippen LogP contribution < -0.4 is 10.2 Å². The number of rotatable bonds is 11. The summed E-state index contributed by atoms with van der Waals surface area (Å²) < 4.78 is 18.9. The Balaban J connectivity index is 1.90. The number of benzene rings is 3. The molecule has 36 heavy (non-hydrogen) atoms. The van der Waals surface area contributed by atoms with E-state index in [1.54, 1.807) is 19.2 Å². The standard InChI is InChI=1S/C29H34FN3O3/c1-5-26(21-10-7-6-8-11-21)29(35)33(16-17-36-4)20-23-19-25(14-15-27(23)32(2)3)31-28(34)22-12-9-13-24(30)18-22/h6-15,18-19,26H,5,16-17,20H2,1-4H3,(H,31,34). The van der Waals surface area contributed by atoms with Gasteiger partial charge in [0.25, 0.3) is 5.91 Å². The topological polar surface area (TPSA) is 61.9 Å². The number of nitrogens with one attached hydrogen (secondary N) is 1. The summed E-state index contributed by atoms with van der Waals surface area (Å²) >= 11 is 0. The molecule has 3 aromatic rings. The molecule has 0 saturated heterocycles. The number of carbonyl (C=O) groups excluding carboxylic acids is 2. The van der Waals surface area contributed by atoms with E-state index in [1.165, 1.54) is 18.2 Å². The van der Waals surface area contributed by atoms with Crippen LogP contribution in [0.1, 0.15) is 40.7 Å². The van der Waals surface area contributed by atoms with Crippen molar-refractivity contribution in [3.63, 3.8) is 0 Å². The molecule has 0 saturated carbocycles. The minimum atomic E-state index is -0.470. The van der Waals surface area contributed by atoms with Crippen molar-refractivity contribution < 1.29 is 18.7 Å². The third-order valence-electron chi connectivity index (χ3n) is 6.05. The van der Waals surface area contributed by atoms with Gasteiger partial charge in [0.1, 0.15) is 5.82 Å². The third-order valence-corrected chi connectivity index (χ3v) is 6.05. The van der Waals surface area contributed by atoms with Gasteiger partial charge < -0.3 is 19.9 Å². The molecule has 0 aliphatic heterocycles. The summed E-state index contributed by atoms with van der Waals surface area (Å²) in [5.41, 5.74) is 3.60. The minimum Gasteiger partial charge on any atom is -0.383 e. The lowest BCUT2D eigenvalue weighted by Crippen LogP contribution is -2.37. The van der Waals surface area contributed by atoms with E-state index in [-0.39, 0.29) is 17.4 Å². The number of hydrogen-bond acceptors (Lipinski definition) is 4. The molecule has 7 heteroatoms. The fourth-order valence-corrected chi connectivity index (χ4v) is 4.19. The van der Waals surface area contributed by atoms with Crippen LogP contribution in [0.3, 0.4) is 0 Å². The molecule has 2 amide bonds. The summed E-state index contributed by atoms with van der Waals surface area (Å²) in [5.74, 6) is -1.11. The van der Waals surface area contributed by atoms with Crippen LogP contribution in [0.5, 0.6) is 0 Å². The monoisotopic (exact) mass is 491 g/mol. The van der Waals surface area contributed by atoms with Crippen LogP contribution in [-0.4, -0.2) is 51.1 Å². The lowest BCUT2D eigenvalue weighted by molar-refractivity contribution is -0.134. The predicted molar refractivity (Wildman–Crippen MR) is 142 cm³/mol. The van der Waals surface area contributed by atoms with E-state index in [4.69, 9.17) is 4.74 Å². The van der Waals surface area contributed by atoms with Gasteiger partial charge in [0.2, 0.25) is 5.91 Å². The Labute approximate surface area is 212 Å². The van der Waals surface area contributed by atoms with Crippen molar-refractivity contribution in [1.29, 1.82) is 0 Å². The maximum atomic E-state index is 13.7. The molecule has 0 bridgehead atoms. The third kappa shape index (κ3) is 6.92. The molecule has 0 spiro atoms. The fraction of sp³-hybridized carbons (Fsp3) is 0.310. The molecule has 0 aliphatic carbocycles. The smallest absolute Gasteiger partial charge is 0.255 e. The minimum absolute atomic E-state index is 0.0275. The van der Waals surface area contributed by atoms with Gasteiger partial charge in [-0.15, -0.1) is 0 Å². The van der Waals surface area contributed by atoms with Crippen LogP contribution in [0.15, 0.2) is 72.8 Å². The maximum Gasteiger partial charge on any atom is 0.255 e. The second kappa shape index (κ2) is 12.8. The molecular weight excluding hydrogens is 457 g/mol. The second-order valence-electron chi connectivity index (χ2n) is 8.83. The highest BCUT2D eigenvalue weighted by Crippen LogP contribution is 2.28. The predicted octanol–water partition coefficient (Wildman–Crippen LogP) is 5.31. The van der Waals surface area contributed by atoms with Gasteiger partial charge in [-0.25, -0.2) is 4.39 Å². The van der Waals surface area contributed by atoms with Gasteiger partial charge in [-0.2, -0.15) is 0 Å². The van der Waals surface area contributed by atoms with E-state index in [0.29, 0.717) is 31.8 Å². The normalized spacial score (nSPS) is 11.6. The molecule has 0 aliphatic rings. The molecule has 1 unspecified atom stereocenters. The molecule has 1 atom stereocenters. The summed E-state index contributed by atoms with van der Waals surface area (Å²) in [4.78, 5) is 30.2. The van der Waals surface area contributed by atoms with Crippen molar-refractivity contribution in [3.05, 3.63) is 95.3 Å². The summed E-state index contributed by atoms with van der Waals surface area (Å²) in [5, 5.41) is 2.85. The summed E-state index contributed by atoms with van der Waals surface area (Å²) in [7, 11) is 5.49. The van der Waals surface area contributed by atoms with Crippen molar-refractivity contribution in [1.82, 2.24) is 4.90 Å². The maximum absolute atomic E-state index is 13.7. The highest BCUT2D eigenvalue weighted by Gasteiger charge is 2.25. The van der Waals surface area contributed by atoms with Gasteiger partial charge in [0, 0.05) is 51.2 Å². The first-order valence-electron chi connectivity index (χ1n) is 12.0. The van der Waals surface area contributed by atoms with E-state index in [1.807, 2.05) is 73.3 Å². The highest BCUT2D eigenvalue weighted by atomic mass is 19.1. The van der Waals surface area contributed by atoms with E-state index in [2.05, 4.69) is 5.32 Å². The Morgan fingerprint density at radius 3 is 2.39 bits per heavy atom. The lowest BCUT2D eigenvalue weighted by atomic mass is 9.94. The first-order valence-corrected chi connectivity index (χ1v) is 12.0. The summed E-state index contributed by atoms with van der Waals surface area (Å²) in [6.45, 7) is 3.20. The summed E-state index contributed by atoms with van der Waals surface area (Å²) in [6, 6.07) is 20.9. The lowest BCUT2D eigenvalue weighted by Gasteiger charge is -2.29. The molecule has 0 radical (unpaired) electrons. The Bertz CT molecular complexity index is 1170. The van der Waals surface area contributed by atoms with E-state index < -0.39 is 11.7 Å². The van der Waals surface area contributed by atoms with Crippen LogP contribution in [0, 0.1) is 5.82 Å². The van der Waals surface area contributed by atoms with Crippen molar-refractivity contribution in [2.45, 2.75) is 25.8 Å². The number of nitrogens with zero attached hydrogens (tertiary/aromatic N) is 2. The number of hydrogen-bond donors (Lipinski definition) is 1. The molecule has 3 rings (SSSR count). The zero-order valence-electron chi connectivity index (χ0n) is 21.3. The number of halogens is 1. The Morgan fingerprint density at radius 1 is 1.00 bits per heavy atom. The zero-order chi connectivity index (χ0) is 26.1. The average molecular weight is 492 g/mol. The fourth-order valence-electron chi connectivity index (χ4n) is 4.19. The zero-order valence-corrected chi connectivity index (χ0v) is 21.3. The van der Waals surface area contributed by atoms with E-state index >= 15 is 0 Å². The molecule has 0 fully saturated rings.